The maximum Gasteiger partial charge on any atom is 0.120 e. The van der Waals surface area contributed by atoms with Gasteiger partial charge in [-0.25, -0.2) is 4.98 Å². The van der Waals surface area contributed by atoms with E-state index in [-0.39, 0.29) is 0 Å². The fourth-order valence-electron chi connectivity index (χ4n) is 2.74. The van der Waals surface area contributed by atoms with Crippen LogP contribution in [0.3, 0.4) is 0 Å². The number of H-pyrrole nitrogens is 1. The third-order valence-electron chi connectivity index (χ3n) is 3.58. The molecule has 15 heavy (non-hydrogen) atoms. The van der Waals surface area contributed by atoms with Crippen molar-refractivity contribution in [3.63, 3.8) is 0 Å². The van der Waals surface area contributed by atoms with E-state index in [0.717, 1.165) is 6.54 Å². The van der Waals surface area contributed by atoms with Crippen molar-refractivity contribution in [3.05, 3.63) is 17.2 Å². The Hall–Kier alpha value is -0.830. The second-order valence-electron chi connectivity index (χ2n) is 4.80. The number of hydrogen-bond donors (Lipinski definition) is 1. The maximum absolute atomic E-state index is 4.72. The lowest BCUT2D eigenvalue weighted by Crippen LogP contribution is -2.19. The molecule has 1 aliphatic heterocycles. The molecule has 0 atom stereocenters. The van der Waals surface area contributed by atoms with Crippen molar-refractivity contribution in [3.8, 4) is 0 Å². The minimum Gasteiger partial charge on any atom is -0.345 e. The van der Waals surface area contributed by atoms with Crippen LogP contribution in [0.4, 0.5) is 0 Å². The number of imidazole rings is 1. The van der Waals surface area contributed by atoms with Gasteiger partial charge in [0.1, 0.15) is 5.82 Å². The number of likely N-dealkylation sites (tertiary alicyclic amines) is 1. The van der Waals surface area contributed by atoms with Crippen LogP contribution in [0.15, 0.2) is 0 Å². The molecule has 2 aliphatic rings. The summed E-state index contributed by atoms with van der Waals surface area (Å²) in [5.74, 6) is 1.20. The van der Waals surface area contributed by atoms with E-state index in [2.05, 4.69) is 9.88 Å². The number of aromatic nitrogens is 2. The van der Waals surface area contributed by atoms with Crippen molar-refractivity contribution in [2.75, 3.05) is 13.1 Å². The van der Waals surface area contributed by atoms with Crippen LogP contribution >= 0.6 is 0 Å². The average Bonchev–Trinajstić information content (AvgIpc) is 2.86. The molecule has 0 saturated carbocycles. The van der Waals surface area contributed by atoms with Crippen LogP contribution in [0.25, 0.3) is 0 Å². The van der Waals surface area contributed by atoms with Gasteiger partial charge < -0.3 is 4.98 Å². The van der Waals surface area contributed by atoms with Crippen molar-refractivity contribution >= 4 is 0 Å². The van der Waals surface area contributed by atoms with Crippen LogP contribution < -0.4 is 0 Å². The standard InChI is InChI=1S/C12H19N3/c1-2-6-11-10(5-1)13-12(14-11)9-15-7-3-4-8-15/h1-9H2,(H,13,14). The van der Waals surface area contributed by atoms with Gasteiger partial charge in [-0.15, -0.1) is 0 Å². The quantitative estimate of drug-likeness (QED) is 0.799. The highest BCUT2D eigenvalue weighted by atomic mass is 15.2. The Balaban J connectivity index is 1.72. The molecule has 3 nitrogen and oxygen atoms in total. The summed E-state index contributed by atoms with van der Waals surface area (Å²) in [4.78, 5) is 10.7. The van der Waals surface area contributed by atoms with E-state index in [0.29, 0.717) is 0 Å². The predicted molar refractivity (Wildman–Crippen MR) is 59.7 cm³/mol. The smallest absolute Gasteiger partial charge is 0.120 e. The first-order valence-corrected chi connectivity index (χ1v) is 6.21. The Labute approximate surface area is 90.9 Å². The van der Waals surface area contributed by atoms with Gasteiger partial charge in [0.05, 0.1) is 12.2 Å². The van der Waals surface area contributed by atoms with Crippen molar-refractivity contribution in [2.24, 2.45) is 0 Å². The molecule has 82 valence electrons. The lowest BCUT2D eigenvalue weighted by molar-refractivity contribution is 0.323. The number of nitrogens with zero attached hydrogens (tertiary/aromatic N) is 2. The Morgan fingerprint density at radius 3 is 2.67 bits per heavy atom. The van der Waals surface area contributed by atoms with Crippen LogP contribution in [0.5, 0.6) is 0 Å². The van der Waals surface area contributed by atoms with Crippen molar-refractivity contribution < 1.29 is 0 Å². The highest BCUT2D eigenvalue weighted by Gasteiger charge is 2.17. The molecule has 1 fully saturated rings. The van der Waals surface area contributed by atoms with Gasteiger partial charge >= 0.3 is 0 Å². The summed E-state index contributed by atoms with van der Waals surface area (Å²) in [5.41, 5.74) is 2.76. The summed E-state index contributed by atoms with van der Waals surface area (Å²) in [5, 5.41) is 0. The van der Waals surface area contributed by atoms with Gasteiger partial charge in [-0.1, -0.05) is 0 Å². The van der Waals surface area contributed by atoms with E-state index in [1.54, 1.807) is 0 Å². The topological polar surface area (TPSA) is 31.9 Å². The molecule has 3 rings (SSSR count). The van der Waals surface area contributed by atoms with Crippen LogP contribution in [-0.2, 0) is 19.4 Å². The average molecular weight is 205 g/mol. The predicted octanol–water partition coefficient (Wildman–Crippen LogP) is 1.88. The van der Waals surface area contributed by atoms with E-state index in [4.69, 9.17) is 4.98 Å². The number of rotatable bonds is 2. The Kier molecular flexibility index (Phi) is 2.49. The monoisotopic (exact) mass is 205 g/mol. The minimum absolute atomic E-state index is 1.03. The maximum atomic E-state index is 4.72. The number of nitrogens with one attached hydrogen (secondary N) is 1. The molecule has 3 heteroatoms. The lowest BCUT2D eigenvalue weighted by atomic mass is 10.0. The first-order valence-electron chi connectivity index (χ1n) is 6.21. The van der Waals surface area contributed by atoms with E-state index >= 15 is 0 Å². The van der Waals surface area contributed by atoms with Gasteiger partial charge in [0, 0.05) is 5.69 Å². The molecule has 0 radical (unpaired) electrons. The first-order chi connectivity index (χ1) is 7.42. The number of aryl methyl sites for hydroxylation is 2. The largest absolute Gasteiger partial charge is 0.345 e. The molecule has 2 heterocycles. The van der Waals surface area contributed by atoms with Gasteiger partial charge in [-0.05, 0) is 51.6 Å². The summed E-state index contributed by atoms with van der Waals surface area (Å²) in [7, 11) is 0. The molecule has 1 aliphatic carbocycles. The van der Waals surface area contributed by atoms with Gasteiger partial charge in [-0.3, -0.25) is 4.90 Å². The van der Waals surface area contributed by atoms with Crippen LogP contribution in [0.1, 0.15) is 42.9 Å². The van der Waals surface area contributed by atoms with E-state index in [1.165, 1.54) is 68.8 Å². The third-order valence-corrected chi connectivity index (χ3v) is 3.58. The number of aromatic amines is 1. The highest BCUT2D eigenvalue weighted by Crippen LogP contribution is 2.20. The molecular formula is C12H19N3. The van der Waals surface area contributed by atoms with Gasteiger partial charge in [0.25, 0.3) is 0 Å². The minimum atomic E-state index is 1.03. The summed E-state index contributed by atoms with van der Waals surface area (Å²) in [6.07, 6.45) is 7.77. The van der Waals surface area contributed by atoms with E-state index in [1.807, 2.05) is 0 Å². The molecule has 0 amide bonds. The summed E-state index contributed by atoms with van der Waals surface area (Å²) < 4.78 is 0. The van der Waals surface area contributed by atoms with Crippen molar-refractivity contribution in [1.29, 1.82) is 0 Å². The third kappa shape index (κ3) is 1.93. The van der Waals surface area contributed by atoms with Crippen LogP contribution in [-0.4, -0.2) is 28.0 Å². The first kappa shape index (κ1) is 9.40. The molecule has 1 aromatic rings. The Morgan fingerprint density at radius 2 is 1.87 bits per heavy atom. The zero-order chi connectivity index (χ0) is 10.1. The number of hydrogen-bond acceptors (Lipinski definition) is 2. The summed E-state index contributed by atoms with van der Waals surface area (Å²) in [6.45, 7) is 3.55. The second kappa shape index (κ2) is 3.97. The molecule has 1 saturated heterocycles. The Bertz CT molecular complexity index is 313. The van der Waals surface area contributed by atoms with E-state index < -0.39 is 0 Å². The summed E-state index contributed by atoms with van der Waals surface area (Å²) in [6, 6.07) is 0. The molecule has 0 bridgehead atoms. The van der Waals surface area contributed by atoms with Crippen molar-refractivity contribution in [1.82, 2.24) is 14.9 Å². The summed E-state index contributed by atoms with van der Waals surface area (Å²) >= 11 is 0. The molecule has 0 aromatic carbocycles. The van der Waals surface area contributed by atoms with Crippen LogP contribution in [0.2, 0.25) is 0 Å². The van der Waals surface area contributed by atoms with Gasteiger partial charge in [0.2, 0.25) is 0 Å². The van der Waals surface area contributed by atoms with Gasteiger partial charge in [0.15, 0.2) is 0 Å². The Morgan fingerprint density at radius 1 is 1.07 bits per heavy atom. The fourth-order valence-corrected chi connectivity index (χ4v) is 2.74. The van der Waals surface area contributed by atoms with Crippen molar-refractivity contribution in [2.45, 2.75) is 45.1 Å². The number of fused-ring (bicyclic) bond motifs is 1. The van der Waals surface area contributed by atoms with E-state index in [9.17, 15) is 0 Å². The lowest BCUT2D eigenvalue weighted by Gasteiger charge is -2.11. The highest BCUT2D eigenvalue weighted by molar-refractivity contribution is 5.17. The molecule has 1 N–H and O–H groups in total. The van der Waals surface area contributed by atoms with Crippen LogP contribution in [0, 0.1) is 0 Å². The normalized spacial score (nSPS) is 21.9. The SMILES string of the molecule is C1CCc2[nH]c(CN3CCCC3)nc2C1. The molecule has 0 spiro atoms. The van der Waals surface area contributed by atoms with Gasteiger partial charge in [-0.2, -0.15) is 0 Å². The molecular weight excluding hydrogens is 186 g/mol. The second-order valence-corrected chi connectivity index (χ2v) is 4.80. The zero-order valence-electron chi connectivity index (χ0n) is 9.26. The molecule has 1 aromatic heterocycles. The molecule has 0 unspecified atom stereocenters. The fraction of sp³-hybridized carbons (Fsp3) is 0.750. The zero-order valence-corrected chi connectivity index (χ0v) is 9.26.